The molecule has 0 fully saturated rings. The van der Waals surface area contributed by atoms with Crippen LogP contribution in [0.2, 0.25) is 0 Å². The first kappa shape index (κ1) is 18.8. The monoisotopic (exact) mass is 366 g/mol. The fourth-order valence-electron chi connectivity index (χ4n) is 2.68. The quantitative estimate of drug-likeness (QED) is 0.657. The molecule has 7 heteroatoms. The Labute approximate surface area is 159 Å². The van der Waals surface area contributed by atoms with Gasteiger partial charge in [0.05, 0.1) is 0 Å². The molecule has 3 rings (SSSR count). The first-order valence-electron chi connectivity index (χ1n) is 9.17. The summed E-state index contributed by atoms with van der Waals surface area (Å²) < 4.78 is 1.93. The molecule has 27 heavy (non-hydrogen) atoms. The highest BCUT2D eigenvalue weighted by molar-refractivity contribution is 5.73. The van der Waals surface area contributed by atoms with Gasteiger partial charge < -0.3 is 15.0 Å². The summed E-state index contributed by atoms with van der Waals surface area (Å²) in [5.74, 6) is 0.847. The van der Waals surface area contributed by atoms with E-state index in [1.807, 2.05) is 35.0 Å². The number of rotatable bonds is 6. The molecule has 0 atom stereocenters. The van der Waals surface area contributed by atoms with Crippen molar-refractivity contribution in [3.8, 4) is 0 Å². The van der Waals surface area contributed by atoms with Crippen LogP contribution in [0.1, 0.15) is 44.3 Å². The Morgan fingerprint density at radius 2 is 1.96 bits per heavy atom. The lowest BCUT2D eigenvalue weighted by atomic mass is 9.95. The van der Waals surface area contributed by atoms with Gasteiger partial charge in [0.2, 0.25) is 0 Å². The van der Waals surface area contributed by atoms with Gasteiger partial charge in [-0.15, -0.1) is 0 Å². The van der Waals surface area contributed by atoms with Gasteiger partial charge in [-0.2, -0.15) is 0 Å². The molecule has 0 aliphatic rings. The molecule has 0 aliphatic heterocycles. The molecule has 2 amide bonds. The van der Waals surface area contributed by atoms with Crippen molar-refractivity contribution in [2.75, 3.05) is 6.54 Å². The Morgan fingerprint density at radius 3 is 2.78 bits per heavy atom. The van der Waals surface area contributed by atoms with E-state index in [9.17, 15) is 4.79 Å². The first-order valence-corrected chi connectivity index (χ1v) is 9.17. The maximum Gasteiger partial charge on any atom is 0.315 e. The second-order valence-corrected chi connectivity index (χ2v) is 7.56. The van der Waals surface area contributed by atoms with Crippen molar-refractivity contribution in [2.45, 2.75) is 45.6 Å². The molecule has 3 aromatic rings. The van der Waals surface area contributed by atoms with E-state index in [2.05, 4.69) is 46.4 Å². The second-order valence-electron chi connectivity index (χ2n) is 7.56. The zero-order chi connectivity index (χ0) is 19.3. The van der Waals surface area contributed by atoms with Gasteiger partial charge >= 0.3 is 6.03 Å². The van der Waals surface area contributed by atoms with Gasteiger partial charge in [-0.05, 0) is 36.6 Å². The molecular formula is C20H26N6O. The van der Waals surface area contributed by atoms with Gasteiger partial charge in [-0.3, -0.25) is 0 Å². The molecule has 142 valence electrons. The molecule has 0 bridgehead atoms. The Kier molecular flexibility index (Phi) is 5.69. The number of hydrogen-bond donors (Lipinski definition) is 2. The van der Waals surface area contributed by atoms with E-state index in [1.165, 1.54) is 0 Å². The third-order valence-electron chi connectivity index (χ3n) is 4.19. The summed E-state index contributed by atoms with van der Waals surface area (Å²) in [6.45, 7) is 7.36. The summed E-state index contributed by atoms with van der Waals surface area (Å²) in [5.41, 5.74) is 2.83. The zero-order valence-corrected chi connectivity index (χ0v) is 16.1. The Balaban J connectivity index is 1.39. The third kappa shape index (κ3) is 5.26. The highest BCUT2D eigenvalue weighted by Gasteiger charge is 2.17. The van der Waals surface area contributed by atoms with Crippen molar-refractivity contribution in [1.82, 2.24) is 30.0 Å². The number of carbonyl (C=O) groups excluding carboxylic acids is 1. The molecule has 0 saturated carbocycles. The fraction of sp³-hybridized carbons (Fsp3) is 0.400. The molecule has 2 N–H and O–H groups in total. The summed E-state index contributed by atoms with van der Waals surface area (Å²) in [5, 5.41) is 5.76. The van der Waals surface area contributed by atoms with Crippen molar-refractivity contribution in [1.29, 1.82) is 0 Å². The largest absolute Gasteiger partial charge is 0.338 e. The van der Waals surface area contributed by atoms with E-state index < -0.39 is 0 Å². The molecule has 0 unspecified atom stereocenters. The van der Waals surface area contributed by atoms with Crippen LogP contribution in [-0.2, 0) is 18.4 Å². The highest BCUT2D eigenvalue weighted by Crippen LogP contribution is 2.17. The minimum absolute atomic E-state index is 0.0620. The Hall–Kier alpha value is -2.96. The van der Waals surface area contributed by atoms with E-state index >= 15 is 0 Å². The van der Waals surface area contributed by atoms with Gasteiger partial charge in [0.15, 0.2) is 0 Å². The summed E-state index contributed by atoms with van der Waals surface area (Å²) in [7, 11) is 0. The van der Waals surface area contributed by atoms with Crippen molar-refractivity contribution in [3.63, 3.8) is 0 Å². The number of aryl methyl sites for hydroxylation is 1. The standard InChI is InChI=1S/C20H26N6O/c1-20(2,3)18-22-9-6-16(25-18)5-4-8-23-19(27)24-14-15-7-11-26-12-10-21-17(26)13-15/h6-7,9-13H,4-5,8,14H2,1-3H3,(H2,23,24,27). The van der Waals surface area contributed by atoms with Crippen LogP contribution in [0.3, 0.4) is 0 Å². The number of fused-ring (bicyclic) bond motifs is 1. The number of hydrogen-bond acceptors (Lipinski definition) is 4. The average Bonchev–Trinajstić information content (AvgIpc) is 3.11. The topological polar surface area (TPSA) is 84.2 Å². The van der Waals surface area contributed by atoms with E-state index in [1.54, 1.807) is 12.4 Å². The number of pyridine rings is 1. The van der Waals surface area contributed by atoms with E-state index in [0.29, 0.717) is 13.1 Å². The lowest BCUT2D eigenvalue weighted by Crippen LogP contribution is -2.35. The van der Waals surface area contributed by atoms with Crippen LogP contribution in [0.25, 0.3) is 5.65 Å². The smallest absolute Gasteiger partial charge is 0.315 e. The Morgan fingerprint density at radius 1 is 1.11 bits per heavy atom. The molecular weight excluding hydrogens is 340 g/mol. The van der Waals surface area contributed by atoms with Crippen LogP contribution in [0.15, 0.2) is 43.0 Å². The second kappa shape index (κ2) is 8.16. The molecule has 7 nitrogen and oxygen atoms in total. The number of nitrogens with one attached hydrogen (secondary N) is 2. The molecule has 0 aromatic carbocycles. The van der Waals surface area contributed by atoms with Crippen LogP contribution in [0, 0.1) is 0 Å². The minimum atomic E-state index is -0.170. The van der Waals surface area contributed by atoms with Crippen LogP contribution >= 0.6 is 0 Å². The molecule has 0 aliphatic carbocycles. The number of nitrogens with zero attached hydrogens (tertiary/aromatic N) is 4. The molecule has 0 radical (unpaired) electrons. The molecule has 0 saturated heterocycles. The number of imidazole rings is 1. The summed E-state index contributed by atoms with van der Waals surface area (Å²) in [4.78, 5) is 25.1. The fourth-order valence-corrected chi connectivity index (χ4v) is 2.68. The zero-order valence-electron chi connectivity index (χ0n) is 16.1. The predicted octanol–water partition coefficient (Wildman–Crippen LogP) is 2.85. The summed E-state index contributed by atoms with van der Waals surface area (Å²) in [6, 6.07) is 5.69. The predicted molar refractivity (Wildman–Crippen MR) is 104 cm³/mol. The van der Waals surface area contributed by atoms with E-state index in [4.69, 9.17) is 0 Å². The van der Waals surface area contributed by atoms with Gasteiger partial charge in [0.25, 0.3) is 0 Å². The van der Waals surface area contributed by atoms with Gasteiger partial charge in [0.1, 0.15) is 11.5 Å². The normalized spacial score (nSPS) is 11.5. The van der Waals surface area contributed by atoms with Crippen molar-refractivity contribution < 1.29 is 4.79 Å². The van der Waals surface area contributed by atoms with Crippen molar-refractivity contribution in [2.24, 2.45) is 0 Å². The van der Waals surface area contributed by atoms with Crippen LogP contribution < -0.4 is 10.6 Å². The number of amides is 2. The third-order valence-corrected chi connectivity index (χ3v) is 4.19. The van der Waals surface area contributed by atoms with Crippen LogP contribution in [0.4, 0.5) is 4.79 Å². The molecule has 0 spiro atoms. The molecule has 3 heterocycles. The van der Waals surface area contributed by atoms with Crippen molar-refractivity contribution in [3.05, 3.63) is 60.1 Å². The Bertz CT molecular complexity index is 912. The summed E-state index contributed by atoms with van der Waals surface area (Å²) in [6.07, 6.45) is 9.02. The van der Waals surface area contributed by atoms with Crippen LogP contribution in [-0.4, -0.2) is 31.9 Å². The van der Waals surface area contributed by atoms with E-state index in [0.717, 1.165) is 35.6 Å². The van der Waals surface area contributed by atoms with E-state index in [-0.39, 0.29) is 11.4 Å². The number of urea groups is 1. The number of aromatic nitrogens is 4. The lowest BCUT2D eigenvalue weighted by Gasteiger charge is -2.16. The van der Waals surface area contributed by atoms with Crippen LogP contribution in [0.5, 0.6) is 0 Å². The lowest BCUT2D eigenvalue weighted by molar-refractivity contribution is 0.240. The first-order chi connectivity index (χ1) is 12.9. The maximum absolute atomic E-state index is 12.0. The summed E-state index contributed by atoms with van der Waals surface area (Å²) >= 11 is 0. The SMILES string of the molecule is CC(C)(C)c1nccc(CCCNC(=O)NCc2ccn3ccnc3c2)n1. The maximum atomic E-state index is 12.0. The van der Waals surface area contributed by atoms with Gasteiger partial charge in [-0.1, -0.05) is 20.8 Å². The number of carbonyl (C=O) groups is 1. The minimum Gasteiger partial charge on any atom is -0.338 e. The van der Waals surface area contributed by atoms with Crippen molar-refractivity contribution >= 4 is 11.7 Å². The highest BCUT2D eigenvalue weighted by atomic mass is 16.2. The average molecular weight is 366 g/mol. The van der Waals surface area contributed by atoms with Gasteiger partial charge in [0, 0.05) is 49.0 Å². The van der Waals surface area contributed by atoms with Gasteiger partial charge in [-0.25, -0.2) is 19.7 Å². The molecule has 3 aromatic heterocycles.